The van der Waals surface area contributed by atoms with Gasteiger partial charge in [-0.05, 0) is 110 Å². The van der Waals surface area contributed by atoms with Crippen molar-refractivity contribution in [1.82, 2.24) is 0 Å². The number of allylic oxidation sites excluding steroid dienone is 4. The first-order chi connectivity index (χ1) is 35.1. The Labute approximate surface area is 426 Å². The van der Waals surface area contributed by atoms with Gasteiger partial charge in [-0.2, -0.15) is 0 Å². The predicted octanol–water partition coefficient (Wildman–Crippen LogP) is 7.31. The number of ether oxygens (including phenoxy) is 9. The molecule has 0 N–H and O–H groups in total. The van der Waals surface area contributed by atoms with Gasteiger partial charge in [0.2, 0.25) is 10.9 Å². The Hall–Kier alpha value is -7.42. The molecular weight excluding hydrogens is 1020 g/mol. The van der Waals surface area contributed by atoms with Crippen LogP contribution in [0.3, 0.4) is 0 Å². The van der Waals surface area contributed by atoms with Gasteiger partial charge in [0.15, 0.2) is 61.7 Å². The van der Waals surface area contributed by atoms with E-state index in [1.807, 2.05) is 6.92 Å². The summed E-state index contributed by atoms with van der Waals surface area (Å²) >= 11 is 3.23. The van der Waals surface area contributed by atoms with Crippen LogP contribution in [0.25, 0.3) is 33.1 Å². The van der Waals surface area contributed by atoms with Crippen molar-refractivity contribution < 1.29 is 75.8 Å². The fourth-order valence-electron chi connectivity index (χ4n) is 8.38. The molecule has 0 fully saturated rings. The number of benzene rings is 4. The van der Waals surface area contributed by atoms with E-state index in [1.54, 1.807) is 63.3 Å². The summed E-state index contributed by atoms with van der Waals surface area (Å²) in [6.45, 7) is 6.87. The molecular formula is C54H50BrO18-. The van der Waals surface area contributed by atoms with Gasteiger partial charge in [-0.25, -0.2) is 4.79 Å². The number of rotatable bonds is 18. The summed E-state index contributed by atoms with van der Waals surface area (Å²) in [6, 6.07) is 9.76. The highest BCUT2D eigenvalue weighted by atomic mass is 79.9. The van der Waals surface area contributed by atoms with E-state index in [0.29, 0.717) is 74.4 Å². The summed E-state index contributed by atoms with van der Waals surface area (Å²) in [5, 5.41) is 12.3. The second-order valence-corrected chi connectivity index (χ2v) is 17.4. The molecule has 4 aromatic carbocycles. The van der Waals surface area contributed by atoms with Gasteiger partial charge in [0.05, 0.1) is 33.4 Å². The maximum absolute atomic E-state index is 13.8. The first-order valence-electron chi connectivity index (χ1n) is 22.5. The van der Waals surface area contributed by atoms with Crippen molar-refractivity contribution in [2.45, 2.75) is 40.5 Å². The van der Waals surface area contributed by atoms with Crippen molar-refractivity contribution >= 4 is 72.5 Å². The van der Waals surface area contributed by atoms with E-state index < -0.39 is 28.6 Å². The number of esters is 1. The highest BCUT2D eigenvalue weighted by molar-refractivity contribution is 9.09. The zero-order chi connectivity index (χ0) is 52.7. The number of alkyl halides is 1. The molecule has 0 saturated carbocycles. The number of carbonyl (C=O) groups is 4. The largest absolute Gasteiger partial charge is 0.545 e. The van der Waals surface area contributed by atoms with Gasteiger partial charge in [0.1, 0.15) is 30.3 Å². The Bertz CT molecular complexity index is 3360. The van der Waals surface area contributed by atoms with E-state index in [0.717, 1.165) is 5.56 Å². The Balaban J connectivity index is 0.000000214. The molecule has 2 aliphatic carbocycles. The molecule has 0 saturated heterocycles. The Morgan fingerprint density at radius 1 is 0.562 bits per heavy atom. The molecule has 382 valence electrons. The fourth-order valence-corrected chi connectivity index (χ4v) is 8.54. The number of hydrogen-bond acceptors (Lipinski definition) is 18. The Kier molecular flexibility index (Phi) is 17.1. The SMILES string of the molecule is COCOc1cc2c(cc1OCOC)C(=O)C(c1coc3cc(C)c(C)c(C(=O)OCCBr)c3c1=O)=CC2.COCOc1cc2c(cc1OCOC)C(=O)C(c1coc3cc(C)c(C)c(C(=O)[O-])c3c1=O)=CC2. The average molecular weight is 1070 g/mol. The summed E-state index contributed by atoms with van der Waals surface area (Å²) in [7, 11) is 5.92. The fraction of sp³-hybridized carbons (Fsp3) is 0.296. The third kappa shape index (κ3) is 10.9. The molecule has 2 heterocycles. The number of ketones is 2. The number of Topliss-reactive ketones (excluding diaryl/α,β-unsaturated/α-hetero) is 2. The minimum Gasteiger partial charge on any atom is -0.545 e. The van der Waals surface area contributed by atoms with E-state index in [9.17, 15) is 33.9 Å². The molecule has 0 bridgehead atoms. The summed E-state index contributed by atoms with van der Waals surface area (Å²) < 4.78 is 59.0. The Morgan fingerprint density at radius 2 is 0.945 bits per heavy atom. The summed E-state index contributed by atoms with van der Waals surface area (Å²) in [5.41, 5.74) is 3.93. The summed E-state index contributed by atoms with van der Waals surface area (Å²) in [4.78, 5) is 79.1. The van der Waals surface area contributed by atoms with Crippen molar-refractivity contribution in [2.75, 3.05) is 67.5 Å². The monoisotopic (exact) mass is 1070 g/mol. The van der Waals surface area contributed by atoms with Gasteiger partial charge in [-0.1, -0.05) is 28.1 Å². The standard InChI is InChI=1S/C28H27BrO9.C26H24O9/c1-15-9-23-25(24(16(15)2)28(32)35-8-7-29)27(31)20(12-36-23)18-6-5-17-10-21(37-13-33-3)22(38-14-34-4)11-19(17)26(18)30;1-13-7-21-23(22(14(13)2)26(29)30)25(28)18(10-33-21)16-6-5-15-8-19(34-11-31-3)20(35-12-32-4)9-17(15)24(16)27/h6,9-12H,5,7-8,13-14H2,1-4H3;6-10H,5,11-12H2,1-4H3,(H,29,30)/p-1. The van der Waals surface area contributed by atoms with E-state index in [-0.39, 0.29) is 101 Å². The smallest absolute Gasteiger partial charge is 0.339 e. The Morgan fingerprint density at radius 3 is 1.33 bits per heavy atom. The van der Waals surface area contributed by atoms with Gasteiger partial charge in [-0.15, -0.1) is 0 Å². The van der Waals surface area contributed by atoms with Crippen molar-refractivity contribution in [3.8, 4) is 23.0 Å². The number of aromatic carboxylic acids is 1. The molecule has 2 aliphatic rings. The maximum Gasteiger partial charge on any atom is 0.339 e. The molecule has 8 rings (SSSR count). The number of carboxylic acid groups (broad SMARTS) is 1. The van der Waals surface area contributed by atoms with Crippen LogP contribution in [0, 0.1) is 27.7 Å². The number of carboxylic acids is 1. The first kappa shape index (κ1) is 53.4. The van der Waals surface area contributed by atoms with Gasteiger partial charge in [-0.3, -0.25) is 19.2 Å². The van der Waals surface area contributed by atoms with Crippen LogP contribution in [-0.2, 0) is 36.5 Å². The molecule has 6 aromatic rings. The molecule has 0 aliphatic heterocycles. The number of hydrogen-bond donors (Lipinski definition) is 0. The van der Waals surface area contributed by atoms with Crippen molar-refractivity contribution in [1.29, 1.82) is 0 Å². The van der Waals surface area contributed by atoms with E-state index >= 15 is 0 Å². The van der Waals surface area contributed by atoms with Gasteiger partial charge < -0.3 is 61.4 Å². The lowest BCUT2D eigenvalue weighted by molar-refractivity contribution is -0.254. The van der Waals surface area contributed by atoms with E-state index in [1.165, 1.54) is 47.0 Å². The lowest BCUT2D eigenvalue weighted by Crippen LogP contribution is -2.27. The normalized spacial score (nSPS) is 12.8. The van der Waals surface area contributed by atoms with Crippen LogP contribution in [0.4, 0.5) is 0 Å². The van der Waals surface area contributed by atoms with Gasteiger partial charge in [0, 0.05) is 61.6 Å². The minimum absolute atomic E-state index is 0.00536. The van der Waals surface area contributed by atoms with Gasteiger partial charge >= 0.3 is 5.97 Å². The van der Waals surface area contributed by atoms with Crippen molar-refractivity contribution in [2.24, 2.45) is 0 Å². The summed E-state index contributed by atoms with van der Waals surface area (Å²) in [5.74, 6) is -1.59. The highest BCUT2D eigenvalue weighted by Crippen LogP contribution is 2.39. The molecule has 0 amide bonds. The van der Waals surface area contributed by atoms with Crippen LogP contribution in [-0.4, -0.2) is 91.1 Å². The van der Waals surface area contributed by atoms with Crippen LogP contribution in [0.5, 0.6) is 23.0 Å². The number of aryl methyl sites for hydroxylation is 2. The number of fused-ring (bicyclic) bond motifs is 4. The number of carbonyl (C=O) groups excluding carboxylic acids is 4. The molecule has 73 heavy (non-hydrogen) atoms. The van der Waals surface area contributed by atoms with Gasteiger partial charge in [0.25, 0.3) is 0 Å². The first-order valence-corrected chi connectivity index (χ1v) is 23.6. The third-order valence-corrected chi connectivity index (χ3v) is 12.5. The number of halogens is 1. The minimum atomic E-state index is -1.49. The predicted molar refractivity (Wildman–Crippen MR) is 267 cm³/mol. The van der Waals surface area contributed by atoms with Crippen molar-refractivity contribution in [3.05, 3.63) is 148 Å². The quantitative estimate of drug-likeness (QED) is 0.0466. The van der Waals surface area contributed by atoms with E-state index in [2.05, 4.69) is 15.9 Å². The van der Waals surface area contributed by atoms with Crippen LogP contribution in [0.15, 0.2) is 79.5 Å². The third-order valence-electron chi connectivity index (χ3n) is 12.2. The van der Waals surface area contributed by atoms with Crippen LogP contribution in [0.1, 0.15) is 85.9 Å². The molecule has 0 unspecified atom stereocenters. The van der Waals surface area contributed by atoms with Crippen LogP contribution < -0.4 is 34.9 Å². The average Bonchev–Trinajstić information content (AvgIpc) is 3.37. The second-order valence-electron chi connectivity index (χ2n) is 16.6. The molecule has 0 radical (unpaired) electrons. The second kappa shape index (κ2) is 23.4. The molecule has 0 atom stereocenters. The van der Waals surface area contributed by atoms with Crippen LogP contribution in [0.2, 0.25) is 0 Å². The lowest BCUT2D eigenvalue weighted by atomic mass is 9.86. The summed E-state index contributed by atoms with van der Waals surface area (Å²) in [6.07, 6.45) is 6.41. The zero-order valence-electron chi connectivity index (χ0n) is 41.2. The van der Waals surface area contributed by atoms with Crippen molar-refractivity contribution in [3.63, 3.8) is 0 Å². The molecule has 19 heteroatoms. The highest BCUT2D eigenvalue weighted by Gasteiger charge is 2.31. The maximum atomic E-state index is 13.8. The zero-order valence-corrected chi connectivity index (χ0v) is 42.7. The number of methoxy groups -OCH3 is 4. The lowest BCUT2D eigenvalue weighted by Gasteiger charge is -2.20. The topological polar surface area (TPSA) is 235 Å². The molecule has 18 nitrogen and oxygen atoms in total. The van der Waals surface area contributed by atoms with Crippen LogP contribution >= 0.6 is 15.9 Å². The molecule has 0 spiro atoms. The van der Waals surface area contributed by atoms with E-state index in [4.69, 9.17) is 51.5 Å². The molecule has 2 aromatic heterocycles.